The molecule has 0 saturated carbocycles. The lowest BCUT2D eigenvalue weighted by Gasteiger charge is -2.34. The molecule has 1 aliphatic rings. The Balaban J connectivity index is 1.69. The van der Waals surface area contributed by atoms with Crippen LogP contribution < -0.4 is 10.6 Å². The SMILES string of the molecule is CN=C(NCCCCOCCOC)NCC(c1cccs1)N1CCOCC1. The molecule has 1 atom stereocenters. The van der Waals surface area contributed by atoms with Crippen LogP contribution in [0.2, 0.25) is 0 Å². The van der Waals surface area contributed by atoms with Crippen molar-refractivity contribution < 1.29 is 14.2 Å². The van der Waals surface area contributed by atoms with E-state index in [-0.39, 0.29) is 0 Å². The van der Waals surface area contributed by atoms with E-state index in [2.05, 4.69) is 38.0 Å². The number of rotatable bonds is 12. The van der Waals surface area contributed by atoms with E-state index in [1.165, 1.54) is 4.88 Å². The molecule has 0 amide bonds. The number of hydrogen-bond donors (Lipinski definition) is 2. The smallest absolute Gasteiger partial charge is 0.191 e. The molecule has 0 radical (unpaired) electrons. The molecule has 8 heteroatoms. The number of guanidine groups is 1. The Bertz CT molecular complexity index is 507. The molecule has 0 spiro atoms. The van der Waals surface area contributed by atoms with Crippen LogP contribution in [0.25, 0.3) is 0 Å². The normalized spacial score (nSPS) is 17.0. The third-order valence-corrected chi connectivity index (χ3v) is 5.46. The minimum Gasteiger partial charge on any atom is -0.382 e. The predicted molar refractivity (Wildman–Crippen MR) is 111 cm³/mol. The maximum absolute atomic E-state index is 5.51. The fourth-order valence-electron chi connectivity index (χ4n) is 2.97. The number of methoxy groups -OCH3 is 1. The van der Waals surface area contributed by atoms with Gasteiger partial charge in [0.25, 0.3) is 0 Å². The number of ether oxygens (including phenoxy) is 3. The standard InChI is InChI=1S/C19H34N4O3S/c1-20-19(21-7-3-4-10-25-14-13-24-2)22-16-17(18-6-5-15-27-18)23-8-11-26-12-9-23/h5-6,15,17H,3-4,7-14,16H2,1-2H3,(H2,20,21,22). The van der Waals surface area contributed by atoms with Crippen LogP contribution in [0.4, 0.5) is 0 Å². The minimum atomic E-state index is 0.349. The van der Waals surface area contributed by atoms with E-state index in [1.807, 2.05) is 18.4 Å². The molecule has 1 unspecified atom stereocenters. The van der Waals surface area contributed by atoms with E-state index < -0.39 is 0 Å². The Morgan fingerprint density at radius 3 is 2.81 bits per heavy atom. The van der Waals surface area contributed by atoms with Gasteiger partial charge in [0.1, 0.15) is 0 Å². The van der Waals surface area contributed by atoms with Gasteiger partial charge in [0.05, 0.1) is 32.5 Å². The van der Waals surface area contributed by atoms with Crippen molar-refractivity contribution in [1.29, 1.82) is 0 Å². The van der Waals surface area contributed by atoms with E-state index in [9.17, 15) is 0 Å². The molecular weight excluding hydrogens is 364 g/mol. The van der Waals surface area contributed by atoms with Crippen molar-refractivity contribution in [3.8, 4) is 0 Å². The van der Waals surface area contributed by atoms with E-state index in [4.69, 9.17) is 14.2 Å². The lowest BCUT2D eigenvalue weighted by atomic mass is 10.2. The summed E-state index contributed by atoms with van der Waals surface area (Å²) in [4.78, 5) is 8.23. The molecule has 0 aliphatic carbocycles. The molecule has 0 bridgehead atoms. The maximum Gasteiger partial charge on any atom is 0.191 e. The summed E-state index contributed by atoms with van der Waals surface area (Å²) in [6.07, 6.45) is 2.07. The average molecular weight is 399 g/mol. The van der Waals surface area contributed by atoms with Crippen LogP contribution in [-0.2, 0) is 14.2 Å². The van der Waals surface area contributed by atoms with Gasteiger partial charge < -0.3 is 24.8 Å². The molecule has 1 aliphatic heterocycles. The molecule has 27 heavy (non-hydrogen) atoms. The molecule has 1 saturated heterocycles. The number of morpholine rings is 1. The summed E-state index contributed by atoms with van der Waals surface area (Å²) in [6, 6.07) is 4.68. The summed E-state index contributed by atoms with van der Waals surface area (Å²) in [6.45, 7) is 7.37. The predicted octanol–water partition coefficient (Wildman–Crippen LogP) is 1.73. The van der Waals surface area contributed by atoms with Crippen LogP contribution in [0.15, 0.2) is 22.5 Å². The Labute approximate surface area is 167 Å². The Hall–Kier alpha value is -1.19. The van der Waals surface area contributed by atoms with Gasteiger partial charge >= 0.3 is 0 Å². The van der Waals surface area contributed by atoms with Gasteiger partial charge in [0.2, 0.25) is 0 Å². The molecule has 2 N–H and O–H groups in total. The van der Waals surface area contributed by atoms with Crippen LogP contribution in [0.1, 0.15) is 23.8 Å². The number of nitrogens with one attached hydrogen (secondary N) is 2. The van der Waals surface area contributed by atoms with Gasteiger partial charge in [0, 0.05) is 51.8 Å². The third kappa shape index (κ3) is 8.57. The second-order valence-electron chi connectivity index (χ2n) is 6.37. The first-order valence-electron chi connectivity index (χ1n) is 9.71. The van der Waals surface area contributed by atoms with E-state index in [0.29, 0.717) is 19.3 Å². The van der Waals surface area contributed by atoms with Crippen molar-refractivity contribution in [2.75, 3.05) is 73.4 Å². The summed E-state index contributed by atoms with van der Waals surface area (Å²) in [5.74, 6) is 0.852. The molecule has 1 fully saturated rings. The number of hydrogen-bond acceptors (Lipinski definition) is 6. The number of nitrogens with zero attached hydrogens (tertiary/aromatic N) is 2. The zero-order chi connectivity index (χ0) is 19.2. The lowest BCUT2D eigenvalue weighted by Crippen LogP contribution is -2.46. The monoisotopic (exact) mass is 398 g/mol. The van der Waals surface area contributed by atoms with Gasteiger partial charge in [-0.05, 0) is 24.3 Å². The van der Waals surface area contributed by atoms with Gasteiger partial charge in [-0.1, -0.05) is 6.07 Å². The molecule has 0 aromatic carbocycles. The van der Waals surface area contributed by atoms with Gasteiger partial charge in [-0.25, -0.2) is 0 Å². The van der Waals surface area contributed by atoms with Crippen LogP contribution in [0.5, 0.6) is 0 Å². The van der Waals surface area contributed by atoms with Crippen LogP contribution in [0, 0.1) is 0 Å². The molecular formula is C19H34N4O3S. The Morgan fingerprint density at radius 1 is 1.26 bits per heavy atom. The first-order chi connectivity index (χ1) is 13.3. The Kier molecular flexibility index (Phi) is 11.4. The van der Waals surface area contributed by atoms with E-state index >= 15 is 0 Å². The number of unbranched alkanes of at least 4 members (excludes halogenated alkanes) is 1. The topological polar surface area (TPSA) is 67.4 Å². The second kappa shape index (κ2) is 13.9. The van der Waals surface area contributed by atoms with Crippen molar-refractivity contribution in [2.45, 2.75) is 18.9 Å². The number of aliphatic imine (C=N–C) groups is 1. The van der Waals surface area contributed by atoms with Gasteiger partial charge in [-0.3, -0.25) is 9.89 Å². The highest BCUT2D eigenvalue weighted by Gasteiger charge is 2.23. The Morgan fingerprint density at radius 2 is 2.11 bits per heavy atom. The highest BCUT2D eigenvalue weighted by molar-refractivity contribution is 7.10. The zero-order valence-electron chi connectivity index (χ0n) is 16.6. The van der Waals surface area contributed by atoms with Gasteiger partial charge in [-0.15, -0.1) is 11.3 Å². The van der Waals surface area contributed by atoms with Gasteiger partial charge in [-0.2, -0.15) is 0 Å². The molecule has 2 heterocycles. The quantitative estimate of drug-likeness (QED) is 0.318. The van der Waals surface area contributed by atoms with Crippen molar-refractivity contribution in [1.82, 2.24) is 15.5 Å². The summed E-state index contributed by atoms with van der Waals surface area (Å²) in [5.41, 5.74) is 0. The zero-order valence-corrected chi connectivity index (χ0v) is 17.4. The maximum atomic E-state index is 5.51. The van der Waals surface area contributed by atoms with Crippen molar-refractivity contribution >= 4 is 17.3 Å². The van der Waals surface area contributed by atoms with E-state index in [1.54, 1.807) is 7.11 Å². The molecule has 7 nitrogen and oxygen atoms in total. The average Bonchev–Trinajstić information content (AvgIpc) is 3.24. The number of thiophene rings is 1. The summed E-state index contributed by atoms with van der Waals surface area (Å²) >= 11 is 1.81. The first kappa shape index (κ1) is 22.1. The largest absolute Gasteiger partial charge is 0.382 e. The minimum absolute atomic E-state index is 0.349. The highest BCUT2D eigenvalue weighted by atomic mass is 32.1. The van der Waals surface area contributed by atoms with Crippen LogP contribution in [0.3, 0.4) is 0 Å². The van der Waals surface area contributed by atoms with Crippen molar-refractivity contribution in [3.63, 3.8) is 0 Å². The van der Waals surface area contributed by atoms with Crippen molar-refractivity contribution in [2.24, 2.45) is 4.99 Å². The first-order valence-corrected chi connectivity index (χ1v) is 10.6. The van der Waals surface area contributed by atoms with E-state index in [0.717, 1.165) is 64.8 Å². The van der Waals surface area contributed by atoms with Crippen LogP contribution in [-0.4, -0.2) is 84.2 Å². The highest BCUT2D eigenvalue weighted by Crippen LogP contribution is 2.25. The molecule has 2 rings (SSSR count). The fourth-order valence-corrected chi connectivity index (χ4v) is 3.83. The fraction of sp³-hybridized carbons (Fsp3) is 0.737. The van der Waals surface area contributed by atoms with Crippen LogP contribution >= 0.6 is 11.3 Å². The third-order valence-electron chi connectivity index (χ3n) is 4.48. The van der Waals surface area contributed by atoms with Crippen molar-refractivity contribution in [3.05, 3.63) is 22.4 Å². The summed E-state index contributed by atoms with van der Waals surface area (Å²) in [5, 5.41) is 9.03. The molecule has 1 aromatic rings. The summed E-state index contributed by atoms with van der Waals surface area (Å²) in [7, 11) is 3.51. The molecule has 154 valence electrons. The summed E-state index contributed by atoms with van der Waals surface area (Å²) < 4.78 is 16.0. The second-order valence-corrected chi connectivity index (χ2v) is 7.35. The lowest BCUT2D eigenvalue weighted by molar-refractivity contribution is 0.0177. The molecule has 1 aromatic heterocycles. The van der Waals surface area contributed by atoms with Gasteiger partial charge in [0.15, 0.2) is 5.96 Å².